The van der Waals surface area contributed by atoms with Crippen LogP contribution in [0.25, 0.3) is 5.78 Å². The predicted molar refractivity (Wildman–Crippen MR) is 101 cm³/mol. The summed E-state index contributed by atoms with van der Waals surface area (Å²) in [6.07, 6.45) is 1.21. The molecule has 1 aliphatic heterocycles. The number of para-hydroxylation sites is 1. The van der Waals surface area contributed by atoms with Crippen molar-refractivity contribution >= 4 is 27.4 Å². The number of hydrogen-bond acceptors (Lipinski definition) is 7. The molecule has 0 spiro atoms. The minimum absolute atomic E-state index is 0.115. The van der Waals surface area contributed by atoms with Crippen molar-refractivity contribution in [3.05, 3.63) is 51.9 Å². The van der Waals surface area contributed by atoms with Gasteiger partial charge >= 0.3 is 0 Å². The summed E-state index contributed by atoms with van der Waals surface area (Å²) in [5.74, 6) is 0.326. The number of nitrogen functional groups attached to an aromatic ring is 1. The Morgan fingerprint density at radius 1 is 1.22 bits per heavy atom. The molecule has 3 aromatic rings. The highest BCUT2D eigenvalue weighted by molar-refractivity contribution is 7.92. The molecule has 27 heavy (non-hydrogen) atoms. The number of fused-ring (bicyclic) bond motifs is 2. The van der Waals surface area contributed by atoms with E-state index in [1.807, 2.05) is 24.3 Å². The summed E-state index contributed by atoms with van der Waals surface area (Å²) in [7, 11) is -3.38. The molecule has 4 rings (SSSR count). The largest absolute Gasteiger partial charge is 0.368 e. The number of H-pyrrole nitrogens is 1. The highest BCUT2D eigenvalue weighted by Crippen LogP contribution is 2.27. The number of aromatic nitrogens is 4. The van der Waals surface area contributed by atoms with E-state index in [1.54, 1.807) is 0 Å². The first kappa shape index (κ1) is 17.5. The van der Waals surface area contributed by atoms with E-state index >= 15 is 0 Å². The van der Waals surface area contributed by atoms with Crippen molar-refractivity contribution in [2.75, 3.05) is 29.4 Å². The first-order valence-electron chi connectivity index (χ1n) is 8.33. The molecule has 10 nitrogen and oxygen atoms in total. The SMILES string of the molecule is CS(=O)(=O)N1CCN(Cc2cc(=O)n3[nH]c(N)nc3n2)Cc2ccccc21. The Morgan fingerprint density at radius 2 is 2.00 bits per heavy atom. The highest BCUT2D eigenvalue weighted by Gasteiger charge is 2.25. The number of sulfonamides is 1. The van der Waals surface area contributed by atoms with Gasteiger partial charge in [-0.05, 0) is 11.6 Å². The number of anilines is 2. The maximum absolute atomic E-state index is 12.2. The molecule has 0 aliphatic carbocycles. The molecule has 0 saturated heterocycles. The summed E-state index contributed by atoms with van der Waals surface area (Å²) < 4.78 is 27.0. The van der Waals surface area contributed by atoms with Crippen molar-refractivity contribution in [2.24, 2.45) is 0 Å². The number of nitrogens with one attached hydrogen (secondary N) is 1. The fourth-order valence-electron chi connectivity index (χ4n) is 3.29. The van der Waals surface area contributed by atoms with Gasteiger partial charge in [0.25, 0.3) is 11.3 Å². The Labute approximate surface area is 155 Å². The van der Waals surface area contributed by atoms with Gasteiger partial charge in [-0.25, -0.2) is 13.4 Å². The fraction of sp³-hybridized carbons (Fsp3) is 0.312. The van der Waals surface area contributed by atoms with E-state index in [0.29, 0.717) is 37.6 Å². The predicted octanol–water partition coefficient (Wildman–Crippen LogP) is -0.218. The number of nitrogens with two attached hydrogens (primary N) is 1. The third kappa shape index (κ3) is 3.38. The third-order valence-electron chi connectivity index (χ3n) is 4.46. The Morgan fingerprint density at radius 3 is 2.78 bits per heavy atom. The van der Waals surface area contributed by atoms with E-state index in [1.165, 1.54) is 21.1 Å². The molecule has 1 aliphatic rings. The summed E-state index contributed by atoms with van der Waals surface area (Å²) in [6, 6.07) is 8.85. The van der Waals surface area contributed by atoms with Crippen LogP contribution in [0.2, 0.25) is 0 Å². The van der Waals surface area contributed by atoms with E-state index in [0.717, 1.165) is 5.56 Å². The second kappa shape index (κ2) is 6.35. The Kier molecular flexibility index (Phi) is 4.12. The van der Waals surface area contributed by atoms with Crippen LogP contribution in [0.4, 0.5) is 11.6 Å². The minimum atomic E-state index is -3.38. The average molecular weight is 389 g/mol. The van der Waals surface area contributed by atoms with E-state index in [9.17, 15) is 13.2 Å². The quantitative estimate of drug-likeness (QED) is 0.633. The van der Waals surface area contributed by atoms with Gasteiger partial charge < -0.3 is 5.73 Å². The second-order valence-electron chi connectivity index (χ2n) is 6.50. The van der Waals surface area contributed by atoms with Crippen LogP contribution >= 0.6 is 0 Å². The number of rotatable bonds is 3. The summed E-state index contributed by atoms with van der Waals surface area (Å²) in [5.41, 5.74) is 7.43. The van der Waals surface area contributed by atoms with Crippen LogP contribution in [0, 0.1) is 0 Å². The molecule has 2 aromatic heterocycles. The van der Waals surface area contributed by atoms with Crippen LogP contribution in [0.5, 0.6) is 0 Å². The Hall–Kier alpha value is -2.92. The smallest absolute Gasteiger partial charge is 0.274 e. The van der Waals surface area contributed by atoms with Crippen LogP contribution in [0.3, 0.4) is 0 Å². The normalized spacial score (nSPS) is 15.7. The molecule has 3 heterocycles. The molecule has 0 fully saturated rings. The van der Waals surface area contributed by atoms with Crippen LogP contribution < -0.4 is 15.6 Å². The Balaban J connectivity index is 1.66. The highest BCUT2D eigenvalue weighted by atomic mass is 32.2. The van der Waals surface area contributed by atoms with Gasteiger partial charge in [0.2, 0.25) is 16.0 Å². The van der Waals surface area contributed by atoms with Crippen LogP contribution in [0.15, 0.2) is 35.1 Å². The number of benzene rings is 1. The minimum Gasteiger partial charge on any atom is -0.368 e. The fourth-order valence-corrected chi connectivity index (χ4v) is 4.24. The molecule has 0 radical (unpaired) electrons. The second-order valence-corrected chi connectivity index (χ2v) is 8.41. The van der Waals surface area contributed by atoms with Crippen molar-refractivity contribution in [3.63, 3.8) is 0 Å². The van der Waals surface area contributed by atoms with Gasteiger partial charge in [-0.15, -0.1) is 0 Å². The van der Waals surface area contributed by atoms with Crippen LogP contribution in [-0.2, 0) is 23.1 Å². The number of aromatic amines is 1. The van der Waals surface area contributed by atoms with Gasteiger partial charge in [-0.2, -0.15) is 9.50 Å². The molecule has 0 atom stereocenters. The van der Waals surface area contributed by atoms with Gasteiger partial charge in [0.05, 0.1) is 17.6 Å². The van der Waals surface area contributed by atoms with E-state index in [4.69, 9.17) is 5.73 Å². The first-order chi connectivity index (χ1) is 12.8. The van der Waals surface area contributed by atoms with Crippen molar-refractivity contribution in [1.29, 1.82) is 0 Å². The van der Waals surface area contributed by atoms with Crippen molar-refractivity contribution < 1.29 is 8.42 Å². The summed E-state index contributed by atoms with van der Waals surface area (Å²) >= 11 is 0. The third-order valence-corrected chi connectivity index (χ3v) is 5.64. The maximum Gasteiger partial charge on any atom is 0.274 e. The lowest BCUT2D eigenvalue weighted by Crippen LogP contribution is -2.35. The topological polar surface area (TPSA) is 130 Å². The van der Waals surface area contributed by atoms with Crippen molar-refractivity contribution in [3.8, 4) is 0 Å². The van der Waals surface area contributed by atoms with Crippen molar-refractivity contribution in [2.45, 2.75) is 13.1 Å². The summed E-state index contributed by atoms with van der Waals surface area (Å²) in [5, 5.41) is 2.62. The molecule has 0 bridgehead atoms. The van der Waals surface area contributed by atoms with Gasteiger partial charge in [-0.1, -0.05) is 18.2 Å². The maximum atomic E-state index is 12.2. The summed E-state index contributed by atoms with van der Waals surface area (Å²) in [6.45, 7) is 1.77. The monoisotopic (exact) mass is 389 g/mol. The molecule has 11 heteroatoms. The zero-order chi connectivity index (χ0) is 19.2. The molecule has 1 aromatic carbocycles. The zero-order valence-corrected chi connectivity index (χ0v) is 15.5. The van der Waals surface area contributed by atoms with E-state index < -0.39 is 10.0 Å². The zero-order valence-electron chi connectivity index (χ0n) is 14.7. The average Bonchev–Trinajstić information content (AvgIpc) is 2.85. The number of nitrogens with zero attached hydrogens (tertiary/aromatic N) is 5. The summed E-state index contributed by atoms with van der Waals surface area (Å²) in [4.78, 5) is 22.6. The molecule has 0 amide bonds. The molecular formula is C16H19N7O3S. The van der Waals surface area contributed by atoms with Gasteiger partial charge in [-0.3, -0.25) is 19.1 Å². The van der Waals surface area contributed by atoms with Crippen molar-refractivity contribution in [1.82, 2.24) is 24.5 Å². The van der Waals surface area contributed by atoms with Gasteiger partial charge in [0.1, 0.15) is 0 Å². The van der Waals surface area contributed by atoms with Gasteiger partial charge in [0.15, 0.2) is 0 Å². The molecule has 0 saturated carbocycles. The van der Waals surface area contributed by atoms with Crippen LogP contribution in [0.1, 0.15) is 11.3 Å². The lowest BCUT2D eigenvalue weighted by molar-refractivity contribution is 0.267. The molecule has 0 unspecified atom stereocenters. The molecule has 3 N–H and O–H groups in total. The molecule has 142 valence electrons. The van der Waals surface area contributed by atoms with Gasteiger partial charge in [0, 0.05) is 32.2 Å². The first-order valence-corrected chi connectivity index (χ1v) is 10.2. The molecular weight excluding hydrogens is 370 g/mol. The van der Waals surface area contributed by atoms with E-state index in [-0.39, 0.29) is 17.3 Å². The van der Waals surface area contributed by atoms with Crippen LogP contribution in [-0.4, -0.2) is 52.2 Å². The lowest BCUT2D eigenvalue weighted by atomic mass is 10.1. The standard InChI is InChI=1S/C16H19N7O3S/c1-27(25,26)22-7-6-21(9-11-4-2-3-5-13(11)22)10-12-8-14(24)23-16(18-12)19-15(17)20-23/h2-5,8H,6-7,9-10H2,1H3,(H3,17,18,19,20). The van der Waals surface area contributed by atoms with E-state index in [2.05, 4.69) is 20.0 Å². The lowest BCUT2D eigenvalue weighted by Gasteiger charge is -2.22. The Bertz CT molecular complexity index is 1170. The number of hydrogen-bond donors (Lipinski definition) is 2.